The second-order valence-corrected chi connectivity index (χ2v) is 4.80. The maximum atomic E-state index is 12.1. The summed E-state index contributed by atoms with van der Waals surface area (Å²) >= 11 is 0. The zero-order valence-corrected chi connectivity index (χ0v) is 11.4. The summed E-state index contributed by atoms with van der Waals surface area (Å²) in [5.41, 5.74) is 4.99. The number of carboxylic acids is 1. The van der Waals surface area contributed by atoms with Gasteiger partial charge in [0.2, 0.25) is 5.91 Å². The SMILES string of the molecule is NC(=O)CC[C@@H](NC(=O)N1CCn2ccnc2C1)C(=O)O. The van der Waals surface area contributed by atoms with Crippen LogP contribution in [0.1, 0.15) is 18.7 Å². The number of fused-ring (bicyclic) bond motifs is 1. The van der Waals surface area contributed by atoms with Crippen LogP contribution >= 0.6 is 0 Å². The average molecular weight is 295 g/mol. The smallest absolute Gasteiger partial charge is 0.326 e. The second kappa shape index (κ2) is 6.25. The minimum Gasteiger partial charge on any atom is -0.480 e. The number of urea groups is 1. The van der Waals surface area contributed by atoms with Gasteiger partial charge in [-0.25, -0.2) is 14.6 Å². The van der Waals surface area contributed by atoms with Crippen LogP contribution in [0.3, 0.4) is 0 Å². The zero-order valence-electron chi connectivity index (χ0n) is 11.4. The lowest BCUT2D eigenvalue weighted by atomic mass is 10.1. The van der Waals surface area contributed by atoms with Gasteiger partial charge in [0.15, 0.2) is 0 Å². The third kappa shape index (κ3) is 3.71. The van der Waals surface area contributed by atoms with Crippen molar-refractivity contribution in [3.63, 3.8) is 0 Å². The molecule has 0 aliphatic carbocycles. The molecule has 1 aromatic heterocycles. The molecule has 1 atom stereocenters. The van der Waals surface area contributed by atoms with Crippen LogP contribution < -0.4 is 11.1 Å². The number of imidazole rings is 1. The topological polar surface area (TPSA) is 131 Å². The first-order chi connectivity index (χ1) is 9.97. The molecule has 4 N–H and O–H groups in total. The summed E-state index contributed by atoms with van der Waals surface area (Å²) in [4.78, 5) is 39.5. The van der Waals surface area contributed by atoms with Gasteiger partial charge in [0.1, 0.15) is 11.9 Å². The summed E-state index contributed by atoms with van der Waals surface area (Å²) in [6.07, 6.45) is 3.36. The molecule has 0 radical (unpaired) electrons. The molecule has 1 aliphatic heterocycles. The number of nitrogens with zero attached hydrogens (tertiary/aromatic N) is 3. The molecule has 9 heteroatoms. The number of rotatable bonds is 5. The van der Waals surface area contributed by atoms with Crippen molar-refractivity contribution in [1.82, 2.24) is 19.8 Å². The van der Waals surface area contributed by atoms with Crippen LogP contribution in [0, 0.1) is 0 Å². The highest BCUT2D eigenvalue weighted by molar-refractivity contribution is 5.83. The third-order valence-corrected chi connectivity index (χ3v) is 3.31. The number of hydrogen-bond acceptors (Lipinski definition) is 4. The Bertz CT molecular complexity index is 556. The monoisotopic (exact) mass is 295 g/mol. The summed E-state index contributed by atoms with van der Waals surface area (Å²) in [5.74, 6) is -1.04. The maximum Gasteiger partial charge on any atom is 0.326 e. The minimum atomic E-state index is -1.19. The van der Waals surface area contributed by atoms with Crippen LogP contribution in [0.5, 0.6) is 0 Å². The Balaban J connectivity index is 1.93. The Morgan fingerprint density at radius 3 is 2.86 bits per heavy atom. The first-order valence-corrected chi connectivity index (χ1v) is 6.54. The molecule has 0 aromatic carbocycles. The van der Waals surface area contributed by atoms with Crippen molar-refractivity contribution in [2.45, 2.75) is 32.0 Å². The van der Waals surface area contributed by atoms with Crippen molar-refractivity contribution in [3.8, 4) is 0 Å². The molecular weight excluding hydrogens is 278 g/mol. The number of amides is 3. The molecule has 21 heavy (non-hydrogen) atoms. The van der Waals surface area contributed by atoms with Crippen LogP contribution in [0.25, 0.3) is 0 Å². The fraction of sp³-hybridized carbons (Fsp3) is 0.500. The first kappa shape index (κ1) is 14.8. The van der Waals surface area contributed by atoms with Crippen molar-refractivity contribution >= 4 is 17.9 Å². The van der Waals surface area contributed by atoms with E-state index in [4.69, 9.17) is 10.8 Å². The molecule has 1 aromatic rings. The number of hydrogen-bond donors (Lipinski definition) is 3. The lowest BCUT2D eigenvalue weighted by molar-refractivity contribution is -0.139. The molecule has 0 unspecified atom stereocenters. The van der Waals surface area contributed by atoms with E-state index >= 15 is 0 Å². The molecule has 0 saturated carbocycles. The fourth-order valence-corrected chi connectivity index (χ4v) is 2.13. The zero-order chi connectivity index (χ0) is 15.4. The molecule has 2 rings (SSSR count). The molecular formula is C12H17N5O4. The predicted molar refractivity (Wildman–Crippen MR) is 71.0 cm³/mol. The summed E-state index contributed by atoms with van der Waals surface area (Å²) in [5, 5.41) is 11.5. The Labute approximate surface area is 120 Å². The molecule has 0 fully saturated rings. The quantitative estimate of drug-likeness (QED) is 0.649. The van der Waals surface area contributed by atoms with E-state index in [0.29, 0.717) is 19.6 Å². The van der Waals surface area contributed by atoms with Gasteiger partial charge in [0.25, 0.3) is 0 Å². The van der Waals surface area contributed by atoms with Gasteiger partial charge in [-0.15, -0.1) is 0 Å². The highest BCUT2D eigenvalue weighted by atomic mass is 16.4. The van der Waals surface area contributed by atoms with Crippen molar-refractivity contribution < 1.29 is 19.5 Å². The van der Waals surface area contributed by atoms with E-state index in [0.717, 1.165) is 5.82 Å². The molecule has 114 valence electrons. The van der Waals surface area contributed by atoms with Crippen LogP contribution in [0.15, 0.2) is 12.4 Å². The number of aromatic nitrogens is 2. The van der Waals surface area contributed by atoms with E-state index in [9.17, 15) is 14.4 Å². The number of carbonyl (C=O) groups is 3. The van der Waals surface area contributed by atoms with Crippen molar-refractivity contribution in [1.29, 1.82) is 0 Å². The van der Waals surface area contributed by atoms with Gasteiger partial charge >= 0.3 is 12.0 Å². The summed E-state index contributed by atoms with van der Waals surface area (Å²) < 4.78 is 1.94. The van der Waals surface area contributed by atoms with E-state index in [1.54, 1.807) is 6.20 Å². The van der Waals surface area contributed by atoms with E-state index in [-0.39, 0.29) is 12.8 Å². The molecule has 1 aliphatic rings. The number of aliphatic carboxylic acids is 1. The lowest BCUT2D eigenvalue weighted by Gasteiger charge is -2.29. The van der Waals surface area contributed by atoms with Gasteiger partial charge in [-0.1, -0.05) is 0 Å². The third-order valence-electron chi connectivity index (χ3n) is 3.31. The van der Waals surface area contributed by atoms with E-state index in [2.05, 4.69) is 10.3 Å². The van der Waals surface area contributed by atoms with Crippen molar-refractivity contribution in [2.75, 3.05) is 6.54 Å². The second-order valence-electron chi connectivity index (χ2n) is 4.80. The highest BCUT2D eigenvalue weighted by Gasteiger charge is 2.26. The van der Waals surface area contributed by atoms with Crippen molar-refractivity contribution in [2.24, 2.45) is 5.73 Å². The Morgan fingerprint density at radius 2 is 2.19 bits per heavy atom. The predicted octanol–water partition coefficient (Wildman–Crippen LogP) is -0.873. The number of carboxylic acid groups (broad SMARTS) is 1. The largest absolute Gasteiger partial charge is 0.480 e. The highest BCUT2D eigenvalue weighted by Crippen LogP contribution is 2.10. The van der Waals surface area contributed by atoms with Crippen LogP contribution in [-0.4, -0.2) is 50.1 Å². The normalized spacial score (nSPS) is 15.1. The molecule has 9 nitrogen and oxygen atoms in total. The van der Waals surface area contributed by atoms with E-state index in [1.165, 1.54) is 4.90 Å². The minimum absolute atomic E-state index is 0.0289. The number of primary amides is 1. The van der Waals surface area contributed by atoms with Gasteiger partial charge in [-0.3, -0.25) is 4.79 Å². The fourth-order valence-electron chi connectivity index (χ4n) is 2.13. The van der Waals surface area contributed by atoms with Gasteiger partial charge in [0.05, 0.1) is 6.54 Å². The standard InChI is InChI=1S/C12H17N5O4/c13-9(18)2-1-8(11(19)20)15-12(21)17-6-5-16-4-3-14-10(16)7-17/h3-4,8H,1-2,5-7H2,(H2,13,18)(H,15,21)(H,19,20)/t8-/m1/s1. The summed E-state index contributed by atoms with van der Waals surface area (Å²) in [7, 11) is 0. The molecule has 0 saturated heterocycles. The van der Waals surface area contributed by atoms with Gasteiger partial charge in [0, 0.05) is 31.9 Å². The average Bonchev–Trinajstić information content (AvgIpc) is 2.89. The van der Waals surface area contributed by atoms with Gasteiger partial charge in [-0.2, -0.15) is 0 Å². The molecule has 2 heterocycles. The van der Waals surface area contributed by atoms with Crippen LogP contribution in [-0.2, 0) is 22.7 Å². The molecule has 0 spiro atoms. The van der Waals surface area contributed by atoms with E-state index < -0.39 is 23.9 Å². The van der Waals surface area contributed by atoms with Gasteiger partial charge < -0.3 is 25.6 Å². The Morgan fingerprint density at radius 1 is 1.43 bits per heavy atom. The number of nitrogens with two attached hydrogens (primary N) is 1. The molecule has 3 amide bonds. The van der Waals surface area contributed by atoms with E-state index in [1.807, 2.05) is 10.8 Å². The maximum absolute atomic E-state index is 12.1. The summed E-state index contributed by atoms with van der Waals surface area (Å²) in [6.45, 7) is 1.40. The Hall–Kier alpha value is -2.58. The summed E-state index contributed by atoms with van der Waals surface area (Å²) in [6, 6.07) is -1.62. The lowest BCUT2D eigenvalue weighted by Crippen LogP contribution is -2.50. The van der Waals surface area contributed by atoms with Crippen LogP contribution in [0.2, 0.25) is 0 Å². The van der Waals surface area contributed by atoms with Crippen molar-refractivity contribution in [3.05, 3.63) is 18.2 Å². The Kier molecular flexibility index (Phi) is 4.41. The number of nitrogens with one attached hydrogen (secondary N) is 1. The van der Waals surface area contributed by atoms with Crippen LogP contribution in [0.4, 0.5) is 4.79 Å². The van der Waals surface area contributed by atoms with Gasteiger partial charge in [-0.05, 0) is 6.42 Å². The molecule has 0 bridgehead atoms. The number of carbonyl (C=O) groups excluding carboxylic acids is 2. The first-order valence-electron chi connectivity index (χ1n) is 6.54.